The molecule has 0 saturated carbocycles. The Bertz CT molecular complexity index is 1150. The topological polar surface area (TPSA) is 0 Å². The summed E-state index contributed by atoms with van der Waals surface area (Å²) in [5.41, 5.74) is 3.29. The summed E-state index contributed by atoms with van der Waals surface area (Å²) in [4.78, 5) is 4.52. The number of hydrogen-bond donors (Lipinski definition) is 0. The van der Waals surface area contributed by atoms with Crippen molar-refractivity contribution in [1.82, 2.24) is 0 Å². The summed E-state index contributed by atoms with van der Waals surface area (Å²) < 4.78 is 3.50. The minimum absolute atomic E-state index is 0.274. The van der Waals surface area contributed by atoms with Crippen LogP contribution in [0.5, 0.6) is 0 Å². The first-order valence-corrected chi connectivity index (χ1v) is 22.3. The zero-order valence-electron chi connectivity index (χ0n) is 17.4. The average Bonchev–Trinajstić information content (AvgIpc) is 3.38. The first-order chi connectivity index (χ1) is 15.3. The molecule has 4 aromatic carbocycles. The van der Waals surface area contributed by atoms with Crippen molar-refractivity contribution in [3.8, 4) is 0 Å². The molecule has 0 nitrogen and oxygen atoms in total. The fraction of sp³-hybridized carbons (Fsp3) is 0.111. The second-order valence-electron chi connectivity index (χ2n) is 7.69. The molecule has 2 unspecified atom stereocenters. The van der Waals surface area contributed by atoms with Gasteiger partial charge in [0.05, 0.1) is 0 Å². The Labute approximate surface area is 196 Å². The molecule has 2 atom stereocenters. The zero-order chi connectivity index (χ0) is 20.8. The van der Waals surface area contributed by atoms with E-state index in [1.807, 2.05) is 15.4 Å². The Morgan fingerprint density at radius 1 is 0.613 bits per heavy atom. The van der Waals surface area contributed by atoms with E-state index in [-0.39, 0.29) is 16.2 Å². The quantitative estimate of drug-likeness (QED) is 0.181. The third-order valence-electron chi connectivity index (χ3n) is 5.97. The molecular weight excluding hydrogens is 548 g/mol. The third-order valence-corrected chi connectivity index (χ3v) is 42.6. The summed E-state index contributed by atoms with van der Waals surface area (Å²) in [5.74, 6) is 2.46. The van der Waals surface area contributed by atoms with Crippen LogP contribution in [0.4, 0.5) is 0 Å². The van der Waals surface area contributed by atoms with Gasteiger partial charge in [-0.25, -0.2) is 0 Å². The van der Waals surface area contributed by atoms with Crippen LogP contribution in [-0.2, 0) is 27.8 Å². The van der Waals surface area contributed by atoms with Crippen LogP contribution in [0.3, 0.4) is 0 Å². The second kappa shape index (κ2) is 8.25. The van der Waals surface area contributed by atoms with E-state index in [0.29, 0.717) is 0 Å². The number of rotatable bonds is 4. The van der Waals surface area contributed by atoms with Gasteiger partial charge in [-0.15, -0.1) is 0 Å². The van der Waals surface area contributed by atoms with Crippen LogP contribution in [0, 0.1) is 0 Å². The molecule has 0 N–H and O–H groups in total. The van der Waals surface area contributed by atoms with Crippen molar-refractivity contribution in [1.29, 1.82) is 0 Å². The van der Waals surface area contributed by atoms with E-state index in [4.69, 9.17) is 0 Å². The van der Waals surface area contributed by atoms with Crippen LogP contribution in [0.15, 0.2) is 118 Å². The van der Waals surface area contributed by atoms with Crippen LogP contribution in [0.1, 0.15) is 11.1 Å². The van der Waals surface area contributed by atoms with Crippen LogP contribution >= 0.6 is 11.8 Å². The van der Waals surface area contributed by atoms with Crippen molar-refractivity contribution in [2.45, 2.75) is 26.2 Å². The van der Waals surface area contributed by atoms with Gasteiger partial charge in [-0.2, -0.15) is 0 Å². The molecule has 4 heteroatoms. The van der Waals surface area contributed by atoms with Crippen molar-refractivity contribution >= 4 is 50.7 Å². The first kappa shape index (κ1) is 20.3. The Hall–Kier alpha value is -1.28. The van der Waals surface area contributed by atoms with E-state index in [2.05, 4.69) is 109 Å². The van der Waals surface area contributed by atoms with E-state index in [0.717, 1.165) is 0 Å². The predicted octanol–water partition coefficient (Wildman–Crippen LogP) is 5.35. The standard InChI is InChI=1S/C27H24S3Te/c1-28-23-15-17-26(18-16-23)31-27-21(19-29(31)24-11-4-2-5-12-24)9-8-10-22(27)20-30(31)25-13-6-3-7-14-25/h2-18H,19-20H2,1H3/q+2. The summed E-state index contributed by atoms with van der Waals surface area (Å²) in [6, 6.07) is 39.9. The Kier molecular flexibility index (Phi) is 5.41. The maximum absolute atomic E-state index is 2.80. The normalized spacial score (nSPS) is 25.7. The minimum atomic E-state index is -2.80. The van der Waals surface area contributed by atoms with E-state index < -0.39 is 15.4 Å². The van der Waals surface area contributed by atoms with Gasteiger partial charge < -0.3 is 0 Å². The van der Waals surface area contributed by atoms with Crippen molar-refractivity contribution in [2.75, 3.05) is 6.26 Å². The fourth-order valence-corrected chi connectivity index (χ4v) is 48.9. The van der Waals surface area contributed by atoms with Crippen molar-refractivity contribution in [3.63, 3.8) is 0 Å². The summed E-state index contributed by atoms with van der Waals surface area (Å²) in [6.45, 7) is 0. The molecule has 154 valence electrons. The Morgan fingerprint density at radius 2 is 1.13 bits per heavy atom. The van der Waals surface area contributed by atoms with Gasteiger partial charge in [0, 0.05) is 0 Å². The summed E-state index contributed by atoms with van der Waals surface area (Å²) >= 11 is -0.958. The van der Waals surface area contributed by atoms with E-state index >= 15 is 0 Å². The molecule has 0 saturated heterocycles. The number of benzene rings is 4. The number of hydrogen-bond acceptors (Lipinski definition) is 1. The van der Waals surface area contributed by atoms with Crippen LogP contribution in [0.2, 0.25) is 0 Å². The van der Waals surface area contributed by atoms with Crippen molar-refractivity contribution < 1.29 is 0 Å². The zero-order valence-corrected chi connectivity index (χ0v) is 22.1. The molecule has 4 aromatic rings. The summed E-state index contributed by atoms with van der Waals surface area (Å²) in [7, 11) is 0.548. The molecule has 2 heterocycles. The SMILES string of the molecule is CSc1ccc([Te]23c4c(cccc4C[S+]2c2ccccc2)C[S+]3c2ccccc2)cc1. The summed E-state index contributed by atoms with van der Waals surface area (Å²) in [5, 5.41) is 0. The van der Waals surface area contributed by atoms with Crippen molar-refractivity contribution in [2.24, 2.45) is 0 Å². The summed E-state index contributed by atoms with van der Waals surface area (Å²) in [6.07, 6.45) is 2.18. The van der Waals surface area contributed by atoms with Gasteiger partial charge >= 0.3 is 197 Å². The molecular formula is C27H24S3Te+2. The molecule has 6 rings (SSSR count). The van der Waals surface area contributed by atoms with Crippen LogP contribution in [-0.4, -0.2) is 21.7 Å². The van der Waals surface area contributed by atoms with E-state index in [9.17, 15) is 0 Å². The average molecular weight is 572 g/mol. The molecule has 0 radical (unpaired) electrons. The second-order valence-corrected chi connectivity index (χ2v) is 31.9. The van der Waals surface area contributed by atoms with Gasteiger partial charge in [-0.3, -0.25) is 0 Å². The fourth-order valence-electron chi connectivity index (χ4n) is 4.65. The molecule has 0 amide bonds. The van der Waals surface area contributed by atoms with E-state index in [1.54, 1.807) is 24.5 Å². The van der Waals surface area contributed by atoms with Gasteiger partial charge in [0.2, 0.25) is 0 Å². The maximum atomic E-state index is 2.51. The Morgan fingerprint density at radius 3 is 1.61 bits per heavy atom. The van der Waals surface area contributed by atoms with Gasteiger partial charge in [-0.1, -0.05) is 0 Å². The molecule has 0 bridgehead atoms. The molecule has 0 aromatic heterocycles. The van der Waals surface area contributed by atoms with Crippen LogP contribution in [0.25, 0.3) is 0 Å². The number of thioether (sulfide) groups is 1. The monoisotopic (exact) mass is 574 g/mol. The van der Waals surface area contributed by atoms with Crippen LogP contribution < -0.4 is 7.22 Å². The van der Waals surface area contributed by atoms with Crippen molar-refractivity contribution in [3.05, 3.63) is 114 Å². The Balaban J connectivity index is 1.67. The molecule has 2 aliphatic heterocycles. The third kappa shape index (κ3) is 3.15. The molecule has 0 aliphatic carbocycles. The van der Waals surface area contributed by atoms with Gasteiger partial charge in [0.1, 0.15) is 0 Å². The molecule has 0 fully saturated rings. The van der Waals surface area contributed by atoms with E-state index in [1.165, 1.54) is 16.4 Å². The first-order valence-electron chi connectivity index (χ1n) is 10.4. The molecule has 0 spiro atoms. The van der Waals surface area contributed by atoms with Gasteiger partial charge in [0.15, 0.2) is 0 Å². The van der Waals surface area contributed by atoms with Gasteiger partial charge in [-0.05, 0) is 0 Å². The predicted molar refractivity (Wildman–Crippen MR) is 141 cm³/mol. The van der Waals surface area contributed by atoms with Gasteiger partial charge in [0.25, 0.3) is 0 Å². The molecule has 2 aliphatic rings. The molecule has 31 heavy (non-hydrogen) atoms.